The van der Waals surface area contributed by atoms with E-state index in [-0.39, 0.29) is 0 Å². The molecule has 0 spiro atoms. The van der Waals surface area contributed by atoms with Gasteiger partial charge in [0.2, 0.25) is 0 Å². The number of nitrogen functional groups attached to an aromatic ring is 1. The predicted molar refractivity (Wildman–Crippen MR) is 84.6 cm³/mol. The Labute approximate surface area is 125 Å². The van der Waals surface area contributed by atoms with E-state index in [9.17, 15) is 0 Å². The molecule has 20 heavy (non-hydrogen) atoms. The van der Waals surface area contributed by atoms with Gasteiger partial charge in [0.1, 0.15) is 0 Å². The Kier molecular flexibility index (Phi) is 4.99. The molecule has 2 N–H and O–H groups in total. The Balaban J connectivity index is 2.07. The lowest BCUT2D eigenvalue weighted by Gasteiger charge is -2.20. The van der Waals surface area contributed by atoms with E-state index in [0.717, 1.165) is 31.0 Å². The standard InChI is InChI=1S/C16H20ClN3/c1-3-20(11-14-6-4-5-12(2)19-14)10-13-7-8-15(17)16(18)9-13/h4-9H,3,10-11,18H2,1-2H3. The highest BCUT2D eigenvalue weighted by atomic mass is 35.5. The van der Waals surface area contributed by atoms with Crippen molar-refractivity contribution in [2.24, 2.45) is 0 Å². The zero-order chi connectivity index (χ0) is 14.5. The maximum absolute atomic E-state index is 5.95. The summed E-state index contributed by atoms with van der Waals surface area (Å²) in [6, 6.07) is 11.9. The van der Waals surface area contributed by atoms with Gasteiger partial charge in [-0.1, -0.05) is 30.7 Å². The monoisotopic (exact) mass is 289 g/mol. The van der Waals surface area contributed by atoms with Gasteiger partial charge in [-0.15, -0.1) is 0 Å². The maximum Gasteiger partial charge on any atom is 0.0635 e. The second kappa shape index (κ2) is 6.73. The van der Waals surface area contributed by atoms with Crippen molar-refractivity contribution in [2.45, 2.75) is 26.9 Å². The first-order chi connectivity index (χ1) is 9.58. The smallest absolute Gasteiger partial charge is 0.0635 e. The molecule has 0 aliphatic heterocycles. The number of anilines is 1. The topological polar surface area (TPSA) is 42.1 Å². The van der Waals surface area contributed by atoms with Gasteiger partial charge in [-0.2, -0.15) is 0 Å². The maximum atomic E-state index is 5.95. The molecule has 2 rings (SSSR count). The molecular weight excluding hydrogens is 270 g/mol. The second-order valence-corrected chi connectivity index (χ2v) is 5.34. The van der Waals surface area contributed by atoms with Crippen molar-refractivity contribution >= 4 is 17.3 Å². The predicted octanol–water partition coefficient (Wildman–Crippen LogP) is 3.65. The number of nitrogens with two attached hydrogens (primary N) is 1. The summed E-state index contributed by atoms with van der Waals surface area (Å²) in [4.78, 5) is 6.87. The number of aryl methyl sites for hydroxylation is 1. The van der Waals surface area contributed by atoms with Crippen LogP contribution in [-0.2, 0) is 13.1 Å². The fourth-order valence-corrected chi connectivity index (χ4v) is 2.26. The first-order valence-electron chi connectivity index (χ1n) is 6.77. The Morgan fingerprint density at radius 2 is 2.00 bits per heavy atom. The van der Waals surface area contributed by atoms with E-state index in [1.54, 1.807) is 0 Å². The lowest BCUT2D eigenvalue weighted by atomic mass is 10.2. The van der Waals surface area contributed by atoms with Gasteiger partial charge < -0.3 is 5.73 Å². The molecule has 0 unspecified atom stereocenters. The van der Waals surface area contributed by atoms with Crippen LogP contribution in [0.4, 0.5) is 5.69 Å². The molecular formula is C16H20ClN3. The van der Waals surface area contributed by atoms with Crippen LogP contribution in [0, 0.1) is 6.92 Å². The van der Waals surface area contributed by atoms with Crippen LogP contribution in [-0.4, -0.2) is 16.4 Å². The molecule has 0 radical (unpaired) electrons. The largest absolute Gasteiger partial charge is 0.398 e. The van der Waals surface area contributed by atoms with Crippen LogP contribution < -0.4 is 5.73 Å². The van der Waals surface area contributed by atoms with Gasteiger partial charge >= 0.3 is 0 Å². The van der Waals surface area contributed by atoms with E-state index in [2.05, 4.69) is 22.9 Å². The quantitative estimate of drug-likeness (QED) is 0.855. The van der Waals surface area contributed by atoms with Crippen LogP contribution in [0.15, 0.2) is 36.4 Å². The van der Waals surface area contributed by atoms with Gasteiger partial charge in [0.05, 0.1) is 16.4 Å². The summed E-state index contributed by atoms with van der Waals surface area (Å²) in [6.45, 7) is 6.79. The molecule has 1 aromatic carbocycles. The molecule has 106 valence electrons. The van der Waals surface area contributed by atoms with E-state index < -0.39 is 0 Å². The van der Waals surface area contributed by atoms with Crippen molar-refractivity contribution in [1.82, 2.24) is 9.88 Å². The minimum Gasteiger partial charge on any atom is -0.398 e. The fraction of sp³-hybridized carbons (Fsp3) is 0.312. The second-order valence-electron chi connectivity index (χ2n) is 4.93. The van der Waals surface area contributed by atoms with Crippen molar-refractivity contribution in [1.29, 1.82) is 0 Å². The molecule has 0 amide bonds. The van der Waals surface area contributed by atoms with Crippen LogP contribution in [0.25, 0.3) is 0 Å². The SMILES string of the molecule is CCN(Cc1ccc(Cl)c(N)c1)Cc1cccc(C)n1. The summed E-state index contributed by atoms with van der Waals surface area (Å²) in [5, 5.41) is 0.608. The number of benzene rings is 1. The van der Waals surface area contributed by atoms with Crippen molar-refractivity contribution in [2.75, 3.05) is 12.3 Å². The number of rotatable bonds is 5. The molecule has 3 nitrogen and oxygen atoms in total. The van der Waals surface area contributed by atoms with Crippen molar-refractivity contribution in [3.05, 3.63) is 58.4 Å². The van der Waals surface area contributed by atoms with E-state index in [0.29, 0.717) is 10.7 Å². The van der Waals surface area contributed by atoms with Gasteiger partial charge in [-0.25, -0.2) is 0 Å². The molecule has 0 saturated heterocycles. The Hall–Kier alpha value is -1.58. The molecule has 0 atom stereocenters. The minimum atomic E-state index is 0.608. The van der Waals surface area contributed by atoms with E-state index in [1.807, 2.05) is 37.3 Å². The third-order valence-electron chi connectivity index (χ3n) is 3.25. The van der Waals surface area contributed by atoms with Crippen molar-refractivity contribution in [3.63, 3.8) is 0 Å². The van der Waals surface area contributed by atoms with Crippen LogP contribution in [0.3, 0.4) is 0 Å². The van der Waals surface area contributed by atoms with Gasteiger partial charge in [-0.3, -0.25) is 9.88 Å². The first-order valence-corrected chi connectivity index (χ1v) is 7.15. The van der Waals surface area contributed by atoms with Gasteiger partial charge in [0.25, 0.3) is 0 Å². The van der Waals surface area contributed by atoms with E-state index in [4.69, 9.17) is 17.3 Å². The first kappa shape index (κ1) is 14.8. The Morgan fingerprint density at radius 3 is 2.65 bits per heavy atom. The Bertz CT molecular complexity index is 584. The molecule has 0 bridgehead atoms. The number of nitrogens with zero attached hydrogens (tertiary/aromatic N) is 2. The highest BCUT2D eigenvalue weighted by Crippen LogP contribution is 2.20. The molecule has 0 fully saturated rings. The Morgan fingerprint density at radius 1 is 1.20 bits per heavy atom. The zero-order valence-corrected chi connectivity index (χ0v) is 12.7. The number of aromatic nitrogens is 1. The summed E-state index contributed by atoms with van der Waals surface area (Å²) in [7, 11) is 0. The lowest BCUT2D eigenvalue weighted by Crippen LogP contribution is -2.23. The summed E-state index contributed by atoms with van der Waals surface area (Å²) < 4.78 is 0. The van der Waals surface area contributed by atoms with Gasteiger partial charge in [-0.05, 0) is 43.3 Å². The van der Waals surface area contributed by atoms with Gasteiger partial charge in [0, 0.05) is 18.8 Å². The zero-order valence-electron chi connectivity index (χ0n) is 11.9. The van der Waals surface area contributed by atoms with Gasteiger partial charge in [0.15, 0.2) is 0 Å². The molecule has 0 saturated carbocycles. The van der Waals surface area contributed by atoms with Crippen LogP contribution in [0.5, 0.6) is 0 Å². The third-order valence-corrected chi connectivity index (χ3v) is 3.59. The average Bonchev–Trinajstić information content (AvgIpc) is 2.42. The molecule has 0 aliphatic rings. The number of hydrogen-bond donors (Lipinski definition) is 1. The van der Waals surface area contributed by atoms with Crippen molar-refractivity contribution in [3.8, 4) is 0 Å². The fourth-order valence-electron chi connectivity index (χ4n) is 2.15. The number of halogens is 1. The minimum absolute atomic E-state index is 0.608. The molecule has 2 aromatic rings. The summed E-state index contributed by atoms with van der Waals surface area (Å²) in [5.41, 5.74) is 9.79. The lowest BCUT2D eigenvalue weighted by molar-refractivity contribution is 0.268. The molecule has 1 heterocycles. The summed E-state index contributed by atoms with van der Waals surface area (Å²) in [6.07, 6.45) is 0. The molecule has 0 aliphatic carbocycles. The average molecular weight is 290 g/mol. The number of hydrogen-bond acceptors (Lipinski definition) is 3. The van der Waals surface area contributed by atoms with E-state index >= 15 is 0 Å². The van der Waals surface area contributed by atoms with E-state index in [1.165, 1.54) is 5.56 Å². The van der Waals surface area contributed by atoms with Crippen LogP contribution >= 0.6 is 11.6 Å². The third kappa shape index (κ3) is 3.95. The van der Waals surface area contributed by atoms with Crippen molar-refractivity contribution < 1.29 is 0 Å². The molecule has 4 heteroatoms. The highest BCUT2D eigenvalue weighted by molar-refractivity contribution is 6.33. The normalized spacial score (nSPS) is 11.0. The van der Waals surface area contributed by atoms with Crippen LogP contribution in [0.2, 0.25) is 5.02 Å². The summed E-state index contributed by atoms with van der Waals surface area (Å²) >= 11 is 5.95. The number of pyridine rings is 1. The summed E-state index contributed by atoms with van der Waals surface area (Å²) in [5.74, 6) is 0. The van der Waals surface area contributed by atoms with Crippen LogP contribution in [0.1, 0.15) is 23.9 Å². The highest BCUT2D eigenvalue weighted by Gasteiger charge is 2.07. The molecule has 1 aromatic heterocycles.